The summed E-state index contributed by atoms with van der Waals surface area (Å²) < 4.78 is 12.9. The molecule has 0 radical (unpaired) electrons. The summed E-state index contributed by atoms with van der Waals surface area (Å²) in [6, 6.07) is 4.72. The summed E-state index contributed by atoms with van der Waals surface area (Å²) in [6.45, 7) is 6.29. The van der Waals surface area contributed by atoms with Gasteiger partial charge < -0.3 is 5.73 Å². The predicted molar refractivity (Wildman–Crippen MR) is 67.2 cm³/mol. The van der Waals surface area contributed by atoms with Crippen molar-refractivity contribution in [3.05, 3.63) is 34.6 Å². The normalized spacial score (nSPS) is 13.9. The molecule has 0 bridgehead atoms. The lowest BCUT2D eigenvalue weighted by Gasteiger charge is -2.27. The third-order valence-corrected chi connectivity index (χ3v) is 2.91. The molecule has 2 N–H and O–H groups in total. The largest absolute Gasteiger partial charge is 0.328 e. The zero-order chi connectivity index (χ0) is 12.3. The molecule has 1 unspecified atom stereocenters. The van der Waals surface area contributed by atoms with Crippen molar-refractivity contribution in [3.8, 4) is 0 Å². The average Bonchev–Trinajstić information content (AvgIpc) is 2.07. The van der Waals surface area contributed by atoms with Gasteiger partial charge in [0, 0.05) is 11.1 Å². The van der Waals surface area contributed by atoms with Gasteiger partial charge in [-0.15, -0.1) is 0 Å². The molecule has 90 valence electrons. The Balaban J connectivity index is 2.79. The first-order valence-electron chi connectivity index (χ1n) is 5.50. The highest BCUT2D eigenvalue weighted by molar-refractivity contribution is 6.31. The van der Waals surface area contributed by atoms with Gasteiger partial charge in [0.2, 0.25) is 0 Å². The zero-order valence-corrected chi connectivity index (χ0v) is 10.8. The van der Waals surface area contributed by atoms with Gasteiger partial charge in [-0.2, -0.15) is 0 Å². The van der Waals surface area contributed by atoms with Crippen LogP contribution in [0.15, 0.2) is 18.2 Å². The Morgan fingerprint density at radius 3 is 2.56 bits per heavy atom. The quantitative estimate of drug-likeness (QED) is 0.856. The van der Waals surface area contributed by atoms with Gasteiger partial charge in [-0.3, -0.25) is 0 Å². The second kappa shape index (κ2) is 5.15. The van der Waals surface area contributed by atoms with Crippen molar-refractivity contribution < 1.29 is 4.39 Å². The Bertz CT molecular complexity index is 361. The van der Waals surface area contributed by atoms with Crippen LogP contribution in [-0.2, 0) is 6.42 Å². The monoisotopic (exact) mass is 243 g/mol. The minimum Gasteiger partial charge on any atom is -0.328 e. The van der Waals surface area contributed by atoms with Crippen LogP contribution in [0.1, 0.15) is 32.8 Å². The summed E-state index contributed by atoms with van der Waals surface area (Å²) in [6.07, 6.45) is 1.73. The van der Waals surface area contributed by atoms with Gasteiger partial charge in [-0.05, 0) is 42.9 Å². The molecule has 1 rings (SSSR count). The molecule has 0 amide bonds. The summed E-state index contributed by atoms with van der Waals surface area (Å²) in [4.78, 5) is 0. The van der Waals surface area contributed by atoms with E-state index >= 15 is 0 Å². The summed E-state index contributed by atoms with van der Waals surface area (Å²) in [7, 11) is 0. The van der Waals surface area contributed by atoms with Crippen LogP contribution in [0.5, 0.6) is 0 Å². The van der Waals surface area contributed by atoms with Gasteiger partial charge in [0.1, 0.15) is 5.82 Å². The second-order valence-electron chi connectivity index (χ2n) is 5.26. The number of rotatable bonds is 4. The lowest BCUT2D eigenvalue weighted by Crippen LogP contribution is -2.26. The highest BCUT2D eigenvalue weighted by Gasteiger charge is 2.21. The lowest BCUT2D eigenvalue weighted by molar-refractivity contribution is 0.309. The Hall–Kier alpha value is -0.600. The van der Waals surface area contributed by atoms with Crippen LogP contribution in [0.2, 0.25) is 5.02 Å². The van der Waals surface area contributed by atoms with Crippen LogP contribution in [-0.4, -0.2) is 6.04 Å². The molecule has 0 saturated carbocycles. The first-order chi connectivity index (χ1) is 7.30. The zero-order valence-electron chi connectivity index (χ0n) is 10.1. The molecule has 0 aliphatic carbocycles. The number of nitrogens with two attached hydrogens (primary N) is 1. The van der Waals surface area contributed by atoms with Crippen molar-refractivity contribution in [1.29, 1.82) is 0 Å². The van der Waals surface area contributed by atoms with Crippen LogP contribution < -0.4 is 5.73 Å². The van der Waals surface area contributed by atoms with Gasteiger partial charge in [0.15, 0.2) is 0 Å². The van der Waals surface area contributed by atoms with Gasteiger partial charge in [-0.1, -0.05) is 31.5 Å². The molecule has 0 fully saturated rings. The highest BCUT2D eigenvalue weighted by Crippen LogP contribution is 2.30. The minimum atomic E-state index is -0.293. The maximum Gasteiger partial charge on any atom is 0.124 e. The van der Waals surface area contributed by atoms with Crippen molar-refractivity contribution in [2.45, 2.75) is 39.7 Å². The summed E-state index contributed by atoms with van der Waals surface area (Å²) in [5.74, 6) is -0.293. The fraction of sp³-hybridized carbons (Fsp3) is 0.538. The summed E-state index contributed by atoms with van der Waals surface area (Å²) in [5, 5.41) is 0.498. The molecule has 1 aromatic carbocycles. The summed E-state index contributed by atoms with van der Waals surface area (Å²) in [5.41, 5.74) is 6.86. The fourth-order valence-corrected chi connectivity index (χ4v) is 2.36. The third-order valence-electron chi connectivity index (χ3n) is 2.56. The Labute approximate surface area is 102 Å². The molecule has 0 heterocycles. The van der Waals surface area contributed by atoms with Crippen LogP contribution >= 0.6 is 11.6 Å². The van der Waals surface area contributed by atoms with E-state index in [1.54, 1.807) is 6.07 Å². The molecule has 0 saturated heterocycles. The average molecular weight is 244 g/mol. The molecule has 1 atom stereocenters. The predicted octanol–water partition coefficient (Wildman–Crippen LogP) is 3.79. The topological polar surface area (TPSA) is 26.0 Å². The van der Waals surface area contributed by atoms with E-state index in [1.807, 2.05) is 6.92 Å². The molecule has 3 heteroatoms. The van der Waals surface area contributed by atoms with E-state index in [1.165, 1.54) is 12.1 Å². The standard InChI is InChI=1S/C13H19ClFN/c1-9(16)7-13(2,3)8-10-4-5-11(15)6-12(10)14/h4-6,9H,7-8,16H2,1-3H3. The van der Waals surface area contributed by atoms with E-state index in [0.717, 1.165) is 18.4 Å². The van der Waals surface area contributed by atoms with E-state index < -0.39 is 0 Å². The van der Waals surface area contributed by atoms with E-state index in [9.17, 15) is 4.39 Å². The molecule has 16 heavy (non-hydrogen) atoms. The number of halogens is 2. The first kappa shape index (κ1) is 13.5. The SMILES string of the molecule is CC(N)CC(C)(C)Cc1ccc(F)cc1Cl. The molecule has 1 nitrogen and oxygen atoms in total. The first-order valence-corrected chi connectivity index (χ1v) is 5.87. The minimum absolute atomic E-state index is 0.0790. The van der Waals surface area contributed by atoms with Gasteiger partial charge in [0.05, 0.1) is 0 Å². The highest BCUT2D eigenvalue weighted by atomic mass is 35.5. The maximum atomic E-state index is 12.9. The summed E-state index contributed by atoms with van der Waals surface area (Å²) >= 11 is 6.00. The molecule has 0 aliphatic heterocycles. The van der Waals surface area contributed by atoms with Gasteiger partial charge >= 0.3 is 0 Å². The van der Waals surface area contributed by atoms with E-state index in [-0.39, 0.29) is 17.3 Å². The van der Waals surface area contributed by atoms with Crippen LogP contribution in [0.3, 0.4) is 0 Å². The Kier molecular flexibility index (Phi) is 4.34. The third kappa shape index (κ3) is 4.11. The number of benzene rings is 1. The van der Waals surface area contributed by atoms with E-state index in [0.29, 0.717) is 5.02 Å². The van der Waals surface area contributed by atoms with Crippen molar-refractivity contribution in [2.75, 3.05) is 0 Å². The van der Waals surface area contributed by atoms with Crippen molar-refractivity contribution in [2.24, 2.45) is 11.1 Å². The van der Waals surface area contributed by atoms with Crippen LogP contribution in [0.25, 0.3) is 0 Å². The molecule has 0 aromatic heterocycles. The molecule has 1 aromatic rings. The van der Waals surface area contributed by atoms with Gasteiger partial charge in [0.25, 0.3) is 0 Å². The van der Waals surface area contributed by atoms with Crippen LogP contribution in [0.4, 0.5) is 4.39 Å². The lowest BCUT2D eigenvalue weighted by atomic mass is 9.80. The van der Waals surface area contributed by atoms with Crippen molar-refractivity contribution >= 4 is 11.6 Å². The molecular weight excluding hydrogens is 225 g/mol. The second-order valence-corrected chi connectivity index (χ2v) is 5.67. The Morgan fingerprint density at radius 2 is 2.06 bits per heavy atom. The van der Waals surface area contributed by atoms with E-state index in [2.05, 4.69) is 13.8 Å². The number of hydrogen-bond donors (Lipinski definition) is 1. The van der Waals surface area contributed by atoms with Crippen molar-refractivity contribution in [1.82, 2.24) is 0 Å². The maximum absolute atomic E-state index is 12.9. The fourth-order valence-electron chi connectivity index (χ4n) is 2.12. The van der Waals surface area contributed by atoms with Crippen LogP contribution in [0, 0.1) is 11.2 Å². The Morgan fingerprint density at radius 1 is 1.44 bits per heavy atom. The molecular formula is C13H19ClFN. The number of hydrogen-bond acceptors (Lipinski definition) is 1. The molecule has 0 spiro atoms. The van der Waals surface area contributed by atoms with Gasteiger partial charge in [-0.25, -0.2) is 4.39 Å². The smallest absolute Gasteiger partial charge is 0.124 e. The van der Waals surface area contributed by atoms with Crippen molar-refractivity contribution in [3.63, 3.8) is 0 Å². The van der Waals surface area contributed by atoms with E-state index in [4.69, 9.17) is 17.3 Å². The molecule has 0 aliphatic rings.